The van der Waals surface area contributed by atoms with E-state index in [4.69, 9.17) is 14.2 Å². The molecule has 0 aromatic heterocycles. The molecule has 1 atom stereocenters. The maximum absolute atomic E-state index is 12.9. The second kappa shape index (κ2) is 58.7. The molecule has 0 amide bonds. The van der Waals surface area contributed by atoms with Crippen LogP contribution in [0.2, 0.25) is 0 Å². The lowest BCUT2D eigenvalue weighted by Crippen LogP contribution is -2.30. The average molecular weight is 1020 g/mol. The topological polar surface area (TPSA) is 78.9 Å². The molecule has 0 spiro atoms. The number of hydrogen-bond donors (Lipinski definition) is 0. The zero-order valence-electron chi connectivity index (χ0n) is 49.6. The van der Waals surface area contributed by atoms with Gasteiger partial charge in [0.2, 0.25) is 0 Å². The van der Waals surface area contributed by atoms with Crippen LogP contribution in [-0.2, 0) is 28.6 Å². The Hall–Kier alpha value is -1.59. The van der Waals surface area contributed by atoms with Gasteiger partial charge in [-0.1, -0.05) is 336 Å². The first-order valence-corrected chi connectivity index (χ1v) is 32.7. The number of carbonyl (C=O) groups excluding carboxylic acids is 3. The zero-order chi connectivity index (χ0) is 52.5. The van der Waals surface area contributed by atoms with Crippen LogP contribution >= 0.6 is 0 Å². The lowest BCUT2D eigenvalue weighted by Gasteiger charge is -2.18. The van der Waals surface area contributed by atoms with Gasteiger partial charge in [0.05, 0.1) is 0 Å². The van der Waals surface area contributed by atoms with E-state index in [1.54, 1.807) is 0 Å². The molecule has 0 rings (SSSR count). The Kier molecular flexibility index (Phi) is 57.4. The highest BCUT2D eigenvalue weighted by Gasteiger charge is 2.19. The summed E-state index contributed by atoms with van der Waals surface area (Å²) in [4.78, 5) is 38.3. The van der Waals surface area contributed by atoms with E-state index in [2.05, 4.69) is 34.6 Å². The number of esters is 3. The number of ether oxygens (including phenoxy) is 3. The smallest absolute Gasteiger partial charge is 0.306 e. The second-order valence-electron chi connectivity index (χ2n) is 23.7. The lowest BCUT2D eigenvalue weighted by molar-refractivity contribution is -0.167. The van der Waals surface area contributed by atoms with E-state index in [1.165, 1.54) is 263 Å². The molecule has 0 aromatic carbocycles. The van der Waals surface area contributed by atoms with Crippen molar-refractivity contribution in [2.75, 3.05) is 13.2 Å². The molecule has 0 aliphatic heterocycles. The van der Waals surface area contributed by atoms with E-state index in [0.29, 0.717) is 19.3 Å². The Balaban J connectivity index is 4.25. The summed E-state index contributed by atoms with van der Waals surface area (Å²) in [5.74, 6) is 0.855. The maximum Gasteiger partial charge on any atom is 0.306 e. The molecule has 0 unspecified atom stereocenters. The molecule has 428 valence electrons. The van der Waals surface area contributed by atoms with Crippen LogP contribution in [-0.4, -0.2) is 37.2 Å². The van der Waals surface area contributed by atoms with E-state index in [0.717, 1.165) is 69.6 Å². The fourth-order valence-corrected chi connectivity index (χ4v) is 10.3. The van der Waals surface area contributed by atoms with E-state index < -0.39 is 6.10 Å². The largest absolute Gasteiger partial charge is 0.462 e. The van der Waals surface area contributed by atoms with Gasteiger partial charge in [-0.3, -0.25) is 14.4 Å². The summed E-state index contributed by atoms with van der Waals surface area (Å²) in [5.41, 5.74) is 0. The standard InChI is InChI=1S/C66H128O6/c1-6-7-8-9-10-11-12-13-14-15-16-21-24-27-32-38-43-48-53-58-66(69)72-63(60-71-65(68)57-52-47-42-37-33-28-30-35-40-45-50-55-62(4)5)59-70-64(67)56-51-46-41-36-31-26-23-20-18-17-19-22-25-29-34-39-44-49-54-61(2)3/h61-63H,6-60H2,1-5H3/t63-/m0/s1. The van der Waals surface area contributed by atoms with Crippen LogP contribution in [0, 0.1) is 11.8 Å². The molecule has 72 heavy (non-hydrogen) atoms. The first-order chi connectivity index (χ1) is 35.2. The predicted molar refractivity (Wildman–Crippen MR) is 312 cm³/mol. The van der Waals surface area contributed by atoms with Gasteiger partial charge in [-0.25, -0.2) is 0 Å². The highest BCUT2D eigenvalue weighted by molar-refractivity contribution is 5.71. The van der Waals surface area contributed by atoms with Crippen molar-refractivity contribution >= 4 is 17.9 Å². The first kappa shape index (κ1) is 70.4. The van der Waals surface area contributed by atoms with Crippen LogP contribution in [0.1, 0.15) is 375 Å². The van der Waals surface area contributed by atoms with Gasteiger partial charge in [-0.15, -0.1) is 0 Å². The van der Waals surface area contributed by atoms with Crippen molar-refractivity contribution in [2.45, 2.75) is 381 Å². The molecular formula is C66H128O6. The van der Waals surface area contributed by atoms with E-state index in [-0.39, 0.29) is 31.1 Å². The first-order valence-electron chi connectivity index (χ1n) is 32.7. The van der Waals surface area contributed by atoms with E-state index >= 15 is 0 Å². The van der Waals surface area contributed by atoms with Crippen molar-refractivity contribution in [3.8, 4) is 0 Å². The molecule has 0 fully saturated rings. The molecule has 0 bridgehead atoms. The summed E-state index contributed by atoms with van der Waals surface area (Å²) >= 11 is 0. The Morgan fingerprint density at radius 1 is 0.264 bits per heavy atom. The van der Waals surface area contributed by atoms with Gasteiger partial charge >= 0.3 is 17.9 Å². The molecule has 0 radical (unpaired) electrons. The minimum atomic E-state index is -0.764. The van der Waals surface area contributed by atoms with Gasteiger partial charge in [0, 0.05) is 19.3 Å². The minimum absolute atomic E-state index is 0.0618. The Labute approximate surface area is 450 Å². The van der Waals surface area contributed by atoms with Gasteiger partial charge in [0.25, 0.3) is 0 Å². The van der Waals surface area contributed by atoms with Crippen LogP contribution in [0.15, 0.2) is 0 Å². The third-order valence-electron chi connectivity index (χ3n) is 15.2. The normalized spacial score (nSPS) is 12.0. The lowest BCUT2D eigenvalue weighted by atomic mass is 10.0. The van der Waals surface area contributed by atoms with Crippen molar-refractivity contribution < 1.29 is 28.6 Å². The van der Waals surface area contributed by atoms with Gasteiger partial charge in [-0.2, -0.15) is 0 Å². The van der Waals surface area contributed by atoms with E-state index in [9.17, 15) is 14.4 Å². The maximum atomic E-state index is 12.9. The predicted octanol–water partition coefficient (Wildman–Crippen LogP) is 22.0. The fraction of sp³-hybridized carbons (Fsp3) is 0.955. The van der Waals surface area contributed by atoms with Crippen LogP contribution in [0.4, 0.5) is 0 Å². The Morgan fingerprint density at radius 2 is 0.458 bits per heavy atom. The van der Waals surface area contributed by atoms with Crippen LogP contribution in [0.3, 0.4) is 0 Å². The molecule has 6 heteroatoms. The summed E-state index contributed by atoms with van der Waals surface area (Å²) < 4.78 is 17.0. The summed E-state index contributed by atoms with van der Waals surface area (Å²) in [6.45, 7) is 11.5. The molecule has 6 nitrogen and oxygen atoms in total. The number of carbonyl (C=O) groups is 3. The summed E-state index contributed by atoms with van der Waals surface area (Å²) in [7, 11) is 0. The van der Waals surface area contributed by atoms with Crippen molar-refractivity contribution in [2.24, 2.45) is 11.8 Å². The Bertz CT molecular complexity index is 1100. The molecule has 0 aromatic rings. The van der Waals surface area contributed by atoms with Gasteiger partial charge in [0.1, 0.15) is 13.2 Å². The number of rotatable bonds is 60. The highest BCUT2D eigenvalue weighted by atomic mass is 16.6. The summed E-state index contributed by atoms with van der Waals surface area (Å²) in [6.07, 6.45) is 65.4. The fourth-order valence-electron chi connectivity index (χ4n) is 10.3. The van der Waals surface area contributed by atoms with Crippen LogP contribution in [0.25, 0.3) is 0 Å². The average Bonchev–Trinajstić information content (AvgIpc) is 3.36. The van der Waals surface area contributed by atoms with Gasteiger partial charge in [0.15, 0.2) is 6.10 Å². The van der Waals surface area contributed by atoms with Crippen molar-refractivity contribution in [3.63, 3.8) is 0 Å². The van der Waals surface area contributed by atoms with Gasteiger partial charge < -0.3 is 14.2 Å². The molecule has 0 saturated carbocycles. The molecule has 0 aliphatic carbocycles. The molecule has 0 N–H and O–H groups in total. The van der Waals surface area contributed by atoms with E-state index in [1.807, 2.05) is 0 Å². The van der Waals surface area contributed by atoms with Gasteiger partial charge in [-0.05, 0) is 31.1 Å². The monoisotopic (exact) mass is 1020 g/mol. The minimum Gasteiger partial charge on any atom is -0.462 e. The second-order valence-corrected chi connectivity index (χ2v) is 23.7. The highest BCUT2D eigenvalue weighted by Crippen LogP contribution is 2.19. The number of unbranched alkanes of at least 4 members (excludes halogenated alkanes) is 45. The van der Waals surface area contributed by atoms with Crippen molar-refractivity contribution in [3.05, 3.63) is 0 Å². The quantitative estimate of drug-likeness (QED) is 0.0343. The molecule has 0 saturated heterocycles. The molecule has 0 aliphatic rings. The number of hydrogen-bond acceptors (Lipinski definition) is 6. The third kappa shape index (κ3) is 59.3. The van der Waals surface area contributed by atoms with Crippen LogP contribution < -0.4 is 0 Å². The Morgan fingerprint density at radius 3 is 0.681 bits per heavy atom. The zero-order valence-corrected chi connectivity index (χ0v) is 49.6. The third-order valence-corrected chi connectivity index (χ3v) is 15.2. The molecular weight excluding hydrogens is 889 g/mol. The SMILES string of the molecule is CCCCCCCCCCCCCCCCCCCCCC(=O)O[C@@H](COC(=O)CCCCCCCCCCCCCCCCCCCCC(C)C)COC(=O)CCCCCCCCCCCCCC(C)C. The van der Waals surface area contributed by atoms with Crippen molar-refractivity contribution in [1.82, 2.24) is 0 Å². The molecule has 0 heterocycles. The van der Waals surface area contributed by atoms with Crippen molar-refractivity contribution in [1.29, 1.82) is 0 Å². The summed E-state index contributed by atoms with van der Waals surface area (Å²) in [5, 5.41) is 0. The van der Waals surface area contributed by atoms with Crippen LogP contribution in [0.5, 0.6) is 0 Å². The summed E-state index contributed by atoms with van der Waals surface area (Å²) in [6, 6.07) is 0.